The lowest BCUT2D eigenvalue weighted by molar-refractivity contribution is -0.121. The van der Waals surface area contributed by atoms with Gasteiger partial charge in [-0.2, -0.15) is 5.26 Å². The highest BCUT2D eigenvalue weighted by atomic mass is 32.2. The molecule has 30 heavy (non-hydrogen) atoms. The SMILES string of the molecule is COc1ccc(NC(=O)CSC2=C(C#N)[C@@H](c3ccc(SC)cc3)CC(=O)N2)cc1. The summed E-state index contributed by atoms with van der Waals surface area (Å²) in [6, 6.07) is 17.1. The molecule has 0 aliphatic carbocycles. The standard InChI is InChI=1S/C22H21N3O3S2/c1-28-16-7-5-15(6-8-16)24-21(27)13-30-22-19(12-23)18(11-20(26)25-22)14-3-9-17(29-2)10-4-14/h3-10,18H,11,13H2,1-2H3,(H,24,27)(H,25,26)/t18-/m1/s1. The Morgan fingerprint density at radius 2 is 1.93 bits per heavy atom. The molecular weight excluding hydrogens is 418 g/mol. The first-order valence-corrected chi connectivity index (χ1v) is 11.4. The van der Waals surface area contributed by atoms with Gasteiger partial charge in [0.05, 0.1) is 29.5 Å². The number of allylic oxidation sites excluding steroid dienone is 1. The zero-order valence-corrected chi connectivity index (χ0v) is 18.2. The van der Waals surface area contributed by atoms with Crippen molar-refractivity contribution in [3.8, 4) is 11.8 Å². The van der Waals surface area contributed by atoms with Crippen molar-refractivity contribution in [2.24, 2.45) is 0 Å². The van der Waals surface area contributed by atoms with Crippen molar-refractivity contribution in [3.63, 3.8) is 0 Å². The number of methoxy groups -OCH3 is 1. The topological polar surface area (TPSA) is 91.2 Å². The minimum absolute atomic E-state index is 0.0744. The van der Waals surface area contributed by atoms with Gasteiger partial charge in [0.25, 0.3) is 0 Å². The number of thioether (sulfide) groups is 2. The summed E-state index contributed by atoms with van der Waals surface area (Å²) in [6.45, 7) is 0. The van der Waals surface area contributed by atoms with E-state index < -0.39 is 0 Å². The van der Waals surface area contributed by atoms with E-state index in [2.05, 4.69) is 16.7 Å². The maximum Gasteiger partial charge on any atom is 0.234 e. The van der Waals surface area contributed by atoms with E-state index in [0.29, 0.717) is 22.0 Å². The Morgan fingerprint density at radius 1 is 1.23 bits per heavy atom. The number of carbonyl (C=O) groups excluding carboxylic acids is 2. The van der Waals surface area contributed by atoms with Crippen LogP contribution in [-0.2, 0) is 9.59 Å². The molecule has 6 nitrogen and oxygen atoms in total. The number of amides is 2. The maximum absolute atomic E-state index is 12.3. The average Bonchev–Trinajstić information content (AvgIpc) is 2.78. The molecule has 1 heterocycles. The molecule has 0 saturated carbocycles. The number of hydrogen-bond donors (Lipinski definition) is 2. The monoisotopic (exact) mass is 439 g/mol. The number of nitriles is 1. The first-order valence-electron chi connectivity index (χ1n) is 9.18. The van der Waals surface area contributed by atoms with E-state index in [1.165, 1.54) is 0 Å². The van der Waals surface area contributed by atoms with Crippen LogP contribution in [0.3, 0.4) is 0 Å². The normalized spacial score (nSPS) is 15.9. The zero-order valence-electron chi connectivity index (χ0n) is 16.6. The second-order valence-corrected chi connectivity index (χ2v) is 8.36. The molecule has 3 rings (SSSR count). The minimum atomic E-state index is -0.313. The van der Waals surface area contributed by atoms with Gasteiger partial charge in [0.1, 0.15) is 5.75 Å². The van der Waals surface area contributed by atoms with Gasteiger partial charge < -0.3 is 15.4 Å². The second-order valence-electron chi connectivity index (χ2n) is 6.50. The van der Waals surface area contributed by atoms with Gasteiger partial charge in [-0.15, -0.1) is 11.8 Å². The fraction of sp³-hybridized carbons (Fsp3) is 0.227. The van der Waals surface area contributed by atoms with E-state index in [4.69, 9.17) is 4.74 Å². The Bertz CT molecular complexity index is 996. The van der Waals surface area contributed by atoms with Crippen molar-refractivity contribution in [2.45, 2.75) is 17.2 Å². The van der Waals surface area contributed by atoms with E-state index in [9.17, 15) is 14.9 Å². The molecule has 0 radical (unpaired) electrons. The summed E-state index contributed by atoms with van der Waals surface area (Å²) >= 11 is 2.79. The molecule has 1 atom stereocenters. The number of benzene rings is 2. The van der Waals surface area contributed by atoms with Crippen molar-refractivity contribution in [1.82, 2.24) is 5.32 Å². The van der Waals surface area contributed by atoms with Crippen LogP contribution in [0.25, 0.3) is 0 Å². The molecule has 0 spiro atoms. The fourth-order valence-electron chi connectivity index (χ4n) is 3.06. The van der Waals surface area contributed by atoms with Crippen LogP contribution < -0.4 is 15.4 Å². The molecule has 1 aliphatic rings. The van der Waals surface area contributed by atoms with E-state index in [-0.39, 0.29) is 29.9 Å². The van der Waals surface area contributed by atoms with Crippen LogP contribution in [0.2, 0.25) is 0 Å². The van der Waals surface area contributed by atoms with Gasteiger partial charge in [-0.05, 0) is 48.2 Å². The van der Waals surface area contributed by atoms with Gasteiger partial charge >= 0.3 is 0 Å². The lowest BCUT2D eigenvalue weighted by Crippen LogP contribution is -2.31. The molecule has 154 valence electrons. The number of hydrogen-bond acceptors (Lipinski definition) is 6. The number of nitrogens with zero attached hydrogens (tertiary/aromatic N) is 1. The van der Waals surface area contributed by atoms with E-state index in [1.807, 2.05) is 30.5 Å². The Morgan fingerprint density at radius 3 is 2.53 bits per heavy atom. The lowest BCUT2D eigenvalue weighted by Gasteiger charge is -2.25. The molecule has 0 fully saturated rings. The van der Waals surface area contributed by atoms with Crippen molar-refractivity contribution < 1.29 is 14.3 Å². The smallest absolute Gasteiger partial charge is 0.234 e. The van der Waals surface area contributed by atoms with Gasteiger partial charge in [0.15, 0.2) is 0 Å². The van der Waals surface area contributed by atoms with Gasteiger partial charge in [-0.1, -0.05) is 23.9 Å². The van der Waals surface area contributed by atoms with Gasteiger partial charge in [-0.3, -0.25) is 9.59 Å². The summed E-state index contributed by atoms with van der Waals surface area (Å²) < 4.78 is 5.10. The summed E-state index contributed by atoms with van der Waals surface area (Å²) in [5, 5.41) is 15.7. The highest BCUT2D eigenvalue weighted by molar-refractivity contribution is 8.03. The largest absolute Gasteiger partial charge is 0.497 e. The van der Waals surface area contributed by atoms with Crippen LogP contribution in [0.1, 0.15) is 17.9 Å². The van der Waals surface area contributed by atoms with Gasteiger partial charge in [0.2, 0.25) is 11.8 Å². The van der Waals surface area contributed by atoms with Crippen LogP contribution in [0, 0.1) is 11.3 Å². The third-order valence-corrected chi connectivity index (χ3v) is 6.36. The Labute approximate surface area is 184 Å². The molecule has 0 saturated heterocycles. The van der Waals surface area contributed by atoms with Gasteiger partial charge in [-0.25, -0.2) is 0 Å². The summed E-state index contributed by atoms with van der Waals surface area (Å²) in [5.41, 5.74) is 2.05. The third kappa shape index (κ3) is 5.38. The predicted octanol–water partition coefficient (Wildman–Crippen LogP) is 4.13. The third-order valence-electron chi connectivity index (χ3n) is 4.60. The summed E-state index contributed by atoms with van der Waals surface area (Å²) in [7, 11) is 1.58. The van der Waals surface area contributed by atoms with E-state index >= 15 is 0 Å². The number of ether oxygens (including phenoxy) is 1. The van der Waals surface area contributed by atoms with Crippen LogP contribution in [0.5, 0.6) is 5.75 Å². The van der Waals surface area contributed by atoms with E-state index in [1.54, 1.807) is 43.1 Å². The first-order chi connectivity index (χ1) is 14.5. The van der Waals surface area contributed by atoms with Crippen molar-refractivity contribution in [1.29, 1.82) is 5.26 Å². The summed E-state index contributed by atoms with van der Waals surface area (Å²) in [5.74, 6) is 0.0755. The number of carbonyl (C=O) groups is 2. The van der Waals surface area contributed by atoms with E-state index in [0.717, 1.165) is 22.2 Å². The van der Waals surface area contributed by atoms with Crippen LogP contribution in [0.15, 0.2) is 64.0 Å². The molecule has 0 aromatic heterocycles. The molecule has 2 N–H and O–H groups in total. The molecule has 0 bridgehead atoms. The second kappa shape index (κ2) is 10.2. The Hall–Kier alpha value is -2.89. The molecule has 0 unspecified atom stereocenters. The summed E-state index contributed by atoms with van der Waals surface area (Å²) in [4.78, 5) is 25.7. The highest BCUT2D eigenvalue weighted by Gasteiger charge is 2.29. The molecule has 8 heteroatoms. The van der Waals surface area contributed by atoms with Crippen LogP contribution >= 0.6 is 23.5 Å². The van der Waals surface area contributed by atoms with Crippen molar-refractivity contribution in [2.75, 3.05) is 24.4 Å². The van der Waals surface area contributed by atoms with Crippen molar-refractivity contribution in [3.05, 3.63) is 64.7 Å². The molecule has 2 aromatic rings. The van der Waals surface area contributed by atoms with Crippen LogP contribution in [-0.4, -0.2) is 30.9 Å². The summed E-state index contributed by atoms with van der Waals surface area (Å²) in [6.07, 6.45) is 2.21. The zero-order chi connectivity index (χ0) is 21.5. The van der Waals surface area contributed by atoms with Crippen LogP contribution in [0.4, 0.5) is 5.69 Å². The fourth-order valence-corrected chi connectivity index (χ4v) is 4.35. The van der Waals surface area contributed by atoms with Crippen molar-refractivity contribution >= 4 is 41.0 Å². The number of nitrogens with one attached hydrogen (secondary N) is 2. The molecule has 2 amide bonds. The Balaban J connectivity index is 1.71. The predicted molar refractivity (Wildman–Crippen MR) is 120 cm³/mol. The first kappa shape index (κ1) is 21.8. The number of rotatable bonds is 7. The average molecular weight is 440 g/mol. The minimum Gasteiger partial charge on any atom is -0.497 e. The maximum atomic E-state index is 12.3. The quantitative estimate of drug-likeness (QED) is 0.631. The molecule has 1 aliphatic heterocycles. The lowest BCUT2D eigenvalue weighted by atomic mass is 9.87. The number of anilines is 1. The molecular formula is C22H21N3O3S2. The van der Waals surface area contributed by atoms with Gasteiger partial charge in [0, 0.05) is 22.9 Å². The molecule has 2 aromatic carbocycles. The Kier molecular flexibility index (Phi) is 7.44. The highest BCUT2D eigenvalue weighted by Crippen LogP contribution is 2.36.